The molecule has 2 aliphatic heterocycles. The number of halogens is 2. The molecule has 1 aromatic rings. The van der Waals surface area contributed by atoms with E-state index in [-0.39, 0.29) is 42.4 Å². The Morgan fingerprint density at radius 1 is 1.10 bits per heavy atom. The fraction of sp³-hybridized carbons (Fsp3) is 0.857. The molecular weight excluding hydrogens is 510 g/mol. The fourth-order valence-corrected chi connectivity index (χ4v) is 6.66. The molecule has 2 atom stereocenters. The smallest absolute Gasteiger partial charge is 0.410 e. The third-order valence-corrected chi connectivity index (χ3v) is 9.59. The van der Waals surface area contributed by atoms with E-state index >= 15 is 0 Å². The summed E-state index contributed by atoms with van der Waals surface area (Å²) >= 11 is 0. The van der Waals surface area contributed by atoms with Gasteiger partial charge in [0.1, 0.15) is 11.6 Å². The van der Waals surface area contributed by atoms with E-state index in [0.717, 1.165) is 19.3 Å². The van der Waals surface area contributed by atoms with Gasteiger partial charge in [0, 0.05) is 50.2 Å². The Morgan fingerprint density at radius 3 is 2.28 bits per heavy atom. The quantitative estimate of drug-likeness (QED) is 0.580. The number of rotatable bonds is 4. The molecule has 1 N–H and O–H groups in total. The minimum atomic E-state index is -2.63. The number of alkyl halides is 2. The molecule has 1 spiro atoms. The van der Waals surface area contributed by atoms with E-state index < -0.39 is 35.2 Å². The van der Waals surface area contributed by atoms with Crippen molar-refractivity contribution in [3.8, 4) is 0 Å². The maximum atomic E-state index is 13.8. The number of ether oxygens (including phenoxy) is 1. The molecule has 2 saturated heterocycles. The summed E-state index contributed by atoms with van der Waals surface area (Å²) in [6.07, 6.45) is 1.92. The number of nitrogens with zero attached hydrogens (tertiary/aromatic N) is 4. The van der Waals surface area contributed by atoms with Gasteiger partial charge >= 0.3 is 6.09 Å². The normalized spacial score (nSPS) is 28.2. The Bertz CT molecular complexity index is 1080. The average molecular weight is 553 g/mol. The topological polar surface area (TPSA) is 109 Å². The van der Waals surface area contributed by atoms with Crippen LogP contribution in [0.25, 0.3) is 0 Å². The Kier molecular flexibility index (Phi) is 7.00. The van der Waals surface area contributed by atoms with Crippen LogP contribution in [-0.4, -0.2) is 80.4 Å². The van der Waals surface area contributed by atoms with Gasteiger partial charge in [0.05, 0.1) is 11.5 Å². The molecule has 4 fully saturated rings. The molecule has 2 aliphatic carbocycles. The number of carbonyl (C=O) groups excluding carboxylic acids is 2. The zero-order valence-electron chi connectivity index (χ0n) is 23.7. The summed E-state index contributed by atoms with van der Waals surface area (Å²) in [5.74, 6) is -2.05. The first-order valence-corrected chi connectivity index (χ1v) is 14.3. The van der Waals surface area contributed by atoms with Crippen molar-refractivity contribution in [2.24, 2.45) is 11.3 Å². The van der Waals surface area contributed by atoms with Crippen LogP contribution in [0, 0.1) is 11.3 Å². The van der Waals surface area contributed by atoms with Crippen molar-refractivity contribution in [3.05, 3.63) is 11.7 Å². The zero-order valence-corrected chi connectivity index (χ0v) is 23.7. The van der Waals surface area contributed by atoms with Crippen LogP contribution in [-0.2, 0) is 14.9 Å². The molecule has 2 saturated carbocycles. The van der Waals surface area contributed by atoms with Gasteiger partial charge < -0.3 is 19.3 Å². The number of amides is 2. The first kappa shape index (κ1) is 28.2. The number of piperidine rings is 1. The summed E-state index contributed by atoms with van der Waals surface area (Å²) in [4.78, 5) is 34.9. The van der Waals surface area contributed by atoms with Crippen LogP contribution in [0.15, 0.2) is 4.52 Å². The molecule has 1 aromatic heterocycles. The van der Waals surface area contributed by atoms with Crippen LogP contribution in [0.3, 0.4) is 0 Å². The lowest BCUT2D eigenvalue weighted by molar-refractivity contribution is -0.160. The number of carbonyl (C=O) groups is 2. The van der Waals surface area contributed by atoms with Crippen LogP contribution in [0.2, 0.25) is 0 Å². The summed E-state index contributed by atoms with van der Waals surface area (Å²) in [6, 6.07) is -0.812. The molecule has 9 nitrogen and oxygen atoms in total. The van der Waals surface area contributed by atoms with Crippen molar-refractivity contribution >= 4 is 12.0 Å². The van der Waals surface area contributed by atoms with E-state index in [1.807, 2.05) is 13.8 Å². The Labute approximate surface area is 228 Å². The van der Waals surface area contributed by atoms with Gasteiger partial charge in [0.15, 0.2) is 5.82 Å². The monoisotopic (exact) mass is 552 g/mol. The standard InChI is InChI=1S/C28H42F2N4O5/c1-17(2)27(23-31-21(32-39-23)18-7-11-28(29,30)12-8-18)15-33(16-27)22(36)19-13-20(35)26(9-6-10-26)14-34(19)24(37)38-25(3,4)5/h17-20,35H,6-16H2,1-5H3/t19-,20+/m0/s1. The molecule has 0 unspecified atom stereocenters. The highest BCUT2D eigenvalue weighted by atomic mass is 19.3. The van der Waals surface area contributed by atoms with Gasteiger partial charge in [-0.3, -0.25) is 9.69 Å². The van der Waals surface area contributed by atoms with Gasteiger partial charge in [-0.15, -0.1) is 0 Å². The number of likely N-dealkylation sites (tertiary alicyclic amines) is 2. The maximum Gasteiger partial charge on any atom is 0.410 e. The Morgan fingerprint density at radius 2 is 1.74 bits per heavy atom. The van der Waals surface area contributed by atoms with Crippen molar-refractivity contribution in [2.75, 3.05) is 19.6 Å². The molecule has 4 aliphatic rings. The van der Waals surface area contributed by atoms with Gasteiger partial charge in [0.25, 0.3) is 0 Å². The van der Waals surface area contributed by atoms with Crippen LogP contribution < -0.4 is 0 Å². The molecule has 218 valence electrons. The first-order valence-electron chi connectivity index (χ1n) is 14.3. The summed E-state index contributed by atoms with van der Waals surface area (Å²) in [5, 5.41) is 15.2. The second-order valence-corrected chi connectivity index (χ2v) is 13.7. The van der Waals surface area contributed by atoms with E-state index in [2.05, 4.69) is 10.1 Å². The molecular formula is C28H42F2N4O5. The van der Waals surface area contributed by atoms with Gasteiger partial charge in [-0.1, -0.05) is 25.4 Å². The van der Waals surface area contributed by atoms with Gasteiger partial charge in [0.2, 0.25) is 17.7 Å². The van der Waals surface area contributed by atoms with Crippen LogP contribution in [0.5, 0.6) is 0 Å². The van der Waals surface area contributed by atoms with E-state index in [4.69, 9.17) is 9.26 Å². The highest BCUT2D eigenvalue weighted by molar-refractivity contribution is 5.87. The highest BCUT2D eigenvalue weighted by Crippen LogP contribution is 2.50. The minimum absolute atomic E-state index is 0.0719. The number of hydrogen-bond donors (Lipinski definition) is 1. The molecule has 0 radical (unpaired) electrons. The van der Waals surface area contributed by atoms with E-state index in [1.54, 1.807) is 25.7 Å². The molecule has 0 aromatic carbocycles. The molecule has 3 heterocycles. The number of aromatic nitrogens is 2. The van der Waals surface area contributed by atoms with Crippen molar-refractivity contribution in [1.82, 2.24) is 19.9 Å². The summed E-state index contributed by atoms with van der Waals surface area (Å²) in [5.41, 5.74) is -1.63. The molecule has 39 heavy (non-hydrogen) atoms. The highest BCUT2D eigenvalue weighted by Gasteiger charge is 2.58. The second kappa shape index (κ2) is 9.66. The fourth-order valence-electron chi connectivity index (χ4n) is 6.66. The average Bonchev–Trinajstić information content (AvgIpc) is 3.25. The Balaban J connectivity index is 1.31. The molecule has 11 heteroatoms. The lowest BCUT2D eigenvalue weighted by Crippen LogP contribution is -2.69. The third-order valence-electron chi connectivity index (χ3n) is 9.59. The number of aliphatic hydroxyl groups excluding tert-OH is 1. The second-order valence-electron chi connectivity index (χ2n) is 13.7. The molecule has 5 rings (SSSR count). The predicted molar refractivity (Wildman–Crippen MR) is 137 cm³/mol. The van der Waals surface area contributed by atoms with Crippen LogP contribution in [0.4, 0.5) is 13.6 Å². The van der Waals surface area contributed by atoms with Gasteiger partial charge in [-0.05, 0) is 52.4 Å². The first-order chi connectivity index (χ1) is 18.1. The van der Waals surface area contributed by atoms with Crippen LogP contribution >= 0.6 is 0 Å². The SMILES string of the molecule is CC(C)C1(c2nc(C3CCC(F)(F)CC3)no2)CN(C(=O)[C@@H]2C[C@@H](O)C3(CCC3)CN2C(=O)OC(C)(C)C)C1. The lowest BCUT2D eigenvalue weighted by atomic mass is 9.61. The van der Waals surface area contributed by atoms with E-state index in [1.165, 1.54) is 4.90 Å². The number of hydrogen-bond acceptors (Lipinski definition) is 7. The zero-order chi connectivity index (χ0) is 28.4. The largest absolute Gasteiger partial charge is 0.444 e. The third kappa shape index (κ3) is 5.15. The summed E-state index contributed by atoms with van der Waals surface area (Å²) in [7, 11) is 0. The van der Waals surface area contributed by atoms with Crippen molar-refractivity contribution in [2.45, 2.75) is 121 Å². The van der Waals surface area contributed by atoms with Crippen molar-refractivity contribution in [1.29, 1.82) is 0 Å². The van der Waals surface area contributed by atoms with E-state index in [0.29, 0.717) is 44.2 Å². The number of aliphatic hydroxyl groups is 1. The molecule has 0 bridgehead atoms. The van der Waals surface area contributed by atoms with Crippen LogP contribution in [0.1, 0.15) is 104 Å². The lowest BCUT2D eigenvalue weighted by Gasteiger charge is -2.56. The van der Waals surface area contributed by atoms with E-state index in [9.17, 15) is 23.5 Å². The van der Waals surface area contributed by atoms with Crippen molar-refractivity contribution in [3.63, 3.8) is 0 Å². The maximum absolute atomic E-state index is 13.8. The van der Waals surface area contributed by atoms with Crippen molar-refractivity contribution < 1.29 is 32.7 Å². The summed E-state index contributed by atoms with van der Waals surface area (Å²) < 4.78 is 38.6. The predicted octanol–water partition coefficient (Wildman–Crippen LogP) is 4.64. The minimum Gasteiger partial charge on any atom is -0.444 e. The summed E-state index contributed by atoms with van der Waals surface area (Å²) in [6.45, 7) is 10.4. The molecule has 2 amide bonds. The van der Waals surface area contributed by atoms with Gasteiger partial charge in [-0.2, -0.15) is 4.98 Å². The Hall–Kier alpha value is -2.30. The van der Waals surface area contributed by atoms with Gasteiger partial charge in [-0.25, -0.2) is 13.6 Å².